The highest BCUT2D eigenvalue weighted by atomic mass is 16.5. The summed E-state index contributed by atoms with van der Waals surface area (Å²) < 4.78 is 10.5. The summed E-state index contributed by atoms with van der Waals surface area (Å²) in [6.07, 6.45) is 0.827. The zero-order valence-electron chi connectivity index (χ0n) is 8.96. The maximum absolute atomic E-state index is 5.52. The first kappa shape index (κ1) is 10.9. The van der Waals surface area contributed by atoms with Crippen LogP contribution in [0.25, 0.3) is 0 Å². The molecule has 0 bridgehead atoms. The van der Waals surface area contributed by atoms with E-state index in [1.165, 1.54) is 0 Å². The molecule has 3 heteroatoms. The van der Waals surface area contributed by atoms with Crippen molar-refractivity contribution in [2.75, 3.05) is 20.8 Å². The van der Waals surface area contributed by atoms with Crippen molar-refractivity contribution >= 4 is 0 Å². The number of nitrogens with two attached hydrogens (primary N) is 1. The summed E-state index contributed by atoms with van der Waals surface area (Å²) in [5.41, 5.74) is 7.76. The van der Waals surface area contributed by atoms with E-state index in [4.69, 9.17) is 15.2 Å². The normalized spacial score (nSPS) is 10.0. The first-order chi connectivity index (χ1) is 6.72. The van der Waals surface area contributed by atoms with Gasteiger partial charge in [0.15, 0.2) is 0 Å². The molecule has 0 amide bonds. The lowest BCUT2D eigenvalue weighted by molar-refractivity contribution is 0.389. The quantitative estimate of drug-likeness (QED) is 0.792. The average Bonchev–Trinajstić information content (AvgIpc) is 2.19. The molecule has 1 rings (SSSR count). The fraction of sp³-hybridized carbons (Fsp3) is 0.455. The summed E-state index contributed by atoms with van der Waals surface area (Å²) >= 11 is 0. The van der Waals surface area contributed by atoms with Crippen LogP contribution in [-0.2, 0) is 6.42 Å². The molecule has 0 aliphatic carbocycles. The van der Waals surface area contributed by atoms with E-state index in [0.717, 1.165) is 29.0 Å². The largest absolute Gasteiger partial charge is 0.496 e. The van der Waals surface area contributed by atoms with E-state index in [1.54, 1.807) is 14.2 Å². The molecule has 0 unspecified atom stereocenters. The summed E-state index contributed by atoms with van der Waals surface area (Å²) in [6, 6.07) is 3.96. The van der Waals surface area contributed by atoms with E-state index >= 15 is 0 Å². The van der Waals surface area contributed by atoms with Crippen LogP contribution >= 0.6 is 0 Å². The third-order valence-corrected chi connectivity index (χ3v) is 2.21. The minimum Gasteiger partial charge on any atom is -0.496 e. The van der Waals surface area contributed by atoms with E-state index in [9.17, 15) is 0 Å². The van der Waals surface area contributed by atoms with Gasteiger partial charge in [0.25, 0.3) is 0 Å². The topological polar surface area (TPSA) is 44.5 Å². The molecule has 0 spiro atoms. The van der Waals surface area contributed by atoms with Crippen molar-refractivity contribution in [2.24, 2.45) is 5.73 Å². The lowest BCUT2D eigenvalue weighted by Gasteiger charge is -2.12. The Hall–Kier alpha value is -1.22. The van der Waals surface area contributed by atoms with Crippen molar-refractivity contribution in [1.29, 1.82) is 0 Å². The first-order valence-electron chi connectivity index (χ1n) is 4.64. The van der Waals surface area contributed by atoms with E-state index < -0.39 is 0 Å². The van der Waals surface area contributed by atoms with Crippen LogP contribution in [0.15, 0.2) is 12.1 Å². The van der Waals surface area contributed by atoms with Crippen LogP contribution in [0.5, 0.6) is 11.5 Å². The molecule has 0 aromatic heterocycles. The Morgan fingerprint density at radius 3 is 2.29 bits per heavy atom. The van der Waals surface area contributed by atoms with Gasteiger partial charge in [0.1, 0.15) is 11.5 Å². The Labute approximate surface area is 84.8 Å². The van der Waals surface area contributed by atoms with E-state index in [1.807, 2.05) is 13.0 Å². The predicted octanol–water partition coefficient (Wildman–Crippen LogP) is 1.51. The highest BCUT2D eigenvalue weighted by molar-refractivity contribution is 5.46. The van der Waals surface area contributed by atoms with Gasteiger partial charge in [-0.25, -0.2) is 0 Å². The van der Waals surface area contributed by atoms with Crippen molar-refractivity contribution in [3.8, 4) is 11.5 Å². The molecule has 0 aliphatic rings. The Balaban J connectivity index is 3.10. The Morgan fingerprint density at radius 1 is 1.14 bits per heavy atom. The third kappa shape index (κ3) is 2.17. The van der Waals surface area contributed by atoms with Crippen molar-refractivity contribution in [1.82, 2.24) is 0 Å². The van der Waals surface area contributed by atoms with E-state index in [-0.39, 0.29) is 0 Å². The van der Waals surface area contributed by atoms with Crippen molar-refractivity contribution in [2.45, 2.75) is 13.3 Å². The number of aryl methyl sites for hydroxylation is 1. The summed E-state index contributed by atoms with van der Waals surface area (Å²) in [5, 5.41) is 0. The average molecular weight is 195 g/mol. The molecule has 14 heavy (non-hydrogen) atoms. The van der Waals surface area contributed by atoms with Crippen molar-refractivity contribution in [3.63, 3.8) is 0 Å². The monoisotopic (exact) mass is 195 g/mol. The van der Waals surface area contributed by atoms with Crippen LogP contribution in [-0.4, -0.2) is 20.8 Å². The molecule has 78 valence electrons. The van der Waals surface area contributed by atoms with Crippen molar-refractivity contribution in [3.05, 3.63) is 23.3 Å². The van der Waals surface area contributed by atoms with Gasteiger partial charge in [-0.05, 0) is 37.1 Å². The predicted molar refractivity (Wildman–Crippen MR) is 57.0 cm³/mol. The summed E-state index contributed by atoms with van der Waals surface area (Å²) in [7, 11) is 3.31. The SMILES string of the molecule is COc1cc(OC)c(CCN)cc1C. The van der Waals surface area contributed by atoms with E-state index in [0.29, 0.717) is 6.54 Å². The second-order valence-electron chi connectivity index (χ2n) is 3.17. The van der Waals surface area contributed by atoms with Gasteiger partial charge in [-0.15, -0.1) is 0 Å². The first-order valence-corrected chi connectivity index (χ1v) is 4.64. The zero-order chi connectivity index (χ0) is 10.6. The van der Waals surface area contributed by atoms with Gasteiger partial charge in [0, 0.05) is 6.07 Å². The number of methoxy groups -OCH3 is 2. The van der Waals surface area contributed by atoms with Gasteiger partial charge >= 0.3 is 0 Å². The van der Waals surface area contributed by atoms with Gasteiger partial charge in [-0.1, -0.05) is 0 Å². The minimum absolute atomic E-state index is 0.627. The molecular weight excluding hydrogens is 178 g/mol. The lowest BCUT2D eigenvalue weighted by atomic mass is 10.1. The van der Waals surface area contributed by atoms with Gasteiger partial charge in [-0.3, -0.25) is 0 Å². The number of rotatable bonds is 4. The molecule has 0 atom stereocenters. The maximum atomic E-state index is 5.52. The van der Waals surface area contributed by atoms with Gasteiger partial charge in [0.05, 0.1) is 14.2 Å². The highest BCUT2D eigenvalue weighted by Gasteiger charge is 2.07. The Bertz CT molecular complexity index is 310. The van der Waals surface area contributed by atoms with Crippen LogP contribution in [0.2, 0.25) is 0 Å². The van der Waals surface area contributed by atoms with E-state index in [2.05, 4.69) is 6.07 Å². The fourth-order valence-electron chi connectivity index (χ4n) is 1.49. The van der Waals surface area contributed by atoms with Gasteiger partial charge in [-0.2, -0.15) is 0 Å². The third-order valence-electron chi connectivity index (χ3n) is 2.21. The highest BCUT2D eigenvalue weighted by Crippen LogP contribution is 2.28. The zero-order valence-corrected chi connectivity index (χ0v) is 8.96. The molecule has 1 aromatic carbocycles. The molecular formula is C11H17NO2. The molecule has 2 N–H and O–H groups in total. The fourth-order valence-corrected chi connectivity index (χ4v) is 1.49. The maximum Gasteiger partial charge on any atom is 0.125 e. The summed E-state index contributed by atoms with van der Waals surface area (Å²) in [5.74, 6) is 1.69. The number of hydrogen-bond acceptors (Lipinski definition) is 3. The van der Waals surface area contributed by atoms with Crippen LogP contribution < -0.4 is 15.2 Å². The molecule has 0 aliphatic heterocycles. The lowest BCUT2D eigenvalue weighted by Crippen LogP contribution is -2.05. The second kappa shape index (κ2) is 4.86. The van der Waals surface area contributed by atoms with Gasteiger partial charge in [0.2, 0.25) is 0 Å². The second-order valence-corrected chi connectivity index (χ2v) is 3.17. The molecule has 0 saturated carbocycles. The standard InChI is InChI=1S/C11H17NO2/c1-8-6-9(4-5-12)11(14-3)7-10(8)13-2/h6-7H,4-5,12H2,1-3H3. The van der Waals surface area contributed by atoms with Crippen LogP contribution in [0, 0.1) is 6.92 Å². The summed E-state index contributed by atoms with van der Waals surface area (Å²) in [4.78, 5) is 0. The van der Waals surface area contributed by atoms with Gasteiger partial charge < -0.3 is 15.2 Å². The Kier molecular flexibility index (Phi) is 3.77. The molecule has 0 fully saturated rings. The van der Waals surface area contributed by atoms with Crippen molar-refractivity contribution < 1.29 is 9.47 Å². The molecule has 3 nitrogen and oxygen atoms in total. The van der Waals surface area contributed by atoms with Crippen LogP contribution in [0.1, 0.15) is 11.1 Å². The molecule has 0 saturated heterocycles. The van der Waals surface area contributed by atoms with Crippen LogP contribution in [0.3, 0.4) is 0 Å². The Morgan fingerprint density at radius 2 is 1.79 bits per heavy atom. The number of hydrogen-bond donors (Lipinski definition) is 1. The molecule has 1 aromatic rings. The van der Waals surface area contributed by atoms with Crippen LogP contribution in [0.4, 0.5) is 0 Å². The smallest absolute Gasteiger partial charge is 0.125 e. The molecule has 0 heterocycles. The minimum atomic E-state index is 0.627. The summed E-state index contributed by atoms with van der Waals surface area (Å²) in [6.45, 7) is 2.64. The molecule has 0 radical (unpaired) electrons. The number of ether oxygens (including phenoxy) is 2. The number of benzene rings is 1.